The number of nitrogens with zero attached hydrogens (tertiary/aromatic N) is 1. The summed E-state index contributed by atoms with van der Waals surface area (Å²) in [6, 6.07) is 6.67. The summed E-state index contributed by atoms with van der Waals surface area (Å²) in [4.78, 5) is 2.13. The minimum Gasteiger partial charge on any atom is -0.383 e. The Hall–Kier alpha value is -0.770. The van der Waals surface area contributed by atoms with Crippen molar-refractivity contribution in [3.63, 3.8) is 0 Å². The molecule has 0 fully saturated rings. The van der Waals surface area contributed by atoms with E-state index in [1.54, 1.807) is 7.11 Å². The highest BCUT2D eigenvalue weighted by atomic mass is 35.5. The molecular weight excluding hydrogens is 260 g/mol. The number of rotatable bonds is 7. The number of methoxy groups -OCH3 is 1. The number of likely N-dealkylation sites (N-methyl/N-ethyl adjacent to an activating group) is 1. The summed E-state index contributed by atoms with van der Waals surface area (Å²) >= 11 is 6.37. The molecule has 0 aromatic heterocycles. The molecule has 0 amide bonds. The molecule has 0 saturated carbocycles. The number of ether oxygens (including phenoxy) is 1. The molecule has 0 bridgehead atoms. The minimum absolute atomic E-state index is 0.201. The van der Waals surface area contributed by atoms with Gasteiger partial charge in [-0.3, -0.25) is 0 Å². The molecule has 0 spiro atoms. The predicted molar refractivity (Wildman–Crippen MR) is 83.2 cm³/mol. The maximum atomic E-state index is 6.37. The second kappa shape index (κ2) is 7.73. The van der Waals surface area contributed by atoms with Crippen LogP contribution in [0.2, 0.25) is 5.02 Å². The summed E-state index contributed by atoms with van der Waals surface area (Å²) in [5.41, 5.74) is 8.19. The van der Waals surface area contributed by atoms with E-state index in [9.17, 15) is 0 Å². The first-order valence-electron chi connectivity index (χ1n) is 6.75. The number of hydrogen-bond acceptors (Lipinski definition) is 3. The van der Waals surface area contributed by atoms with Gasteiger partial charge in [0.25, 0.3) is 0 Å². The van der Waals surface area contributed by atoms with E-state index in [2.05, 4.69) is 30.9 Å². The molecule has 0 saturated heterocycles. The van der Waals surface area contributed by atoms with Gasteiger partial charge in [0.1, 0.15) is 0 Å². The third-order valence-corrected chi connectivity index (χ3v) is 3.79. The molecule has 0 aliphatic rings. The van der Waals surface area contributed by atoms with Gasteiger partial charge in [-0.25, -0.2) is 0 Å². The molecule has 0 aliphatic heterocycles. The summed E-state index contributed by atoms with van der Waals surface area (Å²) in [5.74, 6) is 0. The van der Waals surface area contributed by atoms with E-state index in [4.69, 9.17) is 22.1 Å². The van der Waals surface area contributed by atoms with Gasteiger partial charge in [0.2, 0.25) is 0 Å². The van der Waals surface area contributed by atoms with E-state index in [-0.39, 0.29) is 12.1 Å². The van der Waals surface area contributed by atoms with Crippen molar-refractivity contribution < 1.29 is 4.74 Å². The van der Waals surface area contributed by atoms with Gasteiger partial charge in [0.15, 0.2) is 0 Å². The summed E-state index contributed by atoms with van der Waals surface area (Å²) < 4.78 is 5.18. The molecule has 2 atom stereocenters. The van der Waals surface area contributed by atoms with Crippen LogP contribution >= 0.6 is 11.6 Å². The third-order valence-electron chi connectivity index (χ3n) is 3.48. The third kappa shape index (κ3) is 4.68. The average molecular weight is 285 g/mol. The highest BCUT2D eigenvalue weighted by Gasteiger charge is 2.13. The smallest absolute Gasteiger partial charge is 0.0663 e. The van der Waals surface area contributed by atoms with E-state index in [0.717, 1.165) is 23.6 Å². The van der Waals surface area contributed by atoms with Crippen LogP contribution in [0.4, 0.5) is 5.69 Å². The standard InChI is InChI=1S/C15H25ClN2O/c1-5-13(17)8-12-6-7-15(14(16)9-12)18(3)11(2)10-19-4/h6-7,9,11,13H,5,8,10,17H2,1-4H3. The zero-order valence-electron chi connectivity index (χ0n) is 12.3. The highest BCUT2D eigenvalue weighted by molar-refractivity contribution is 6.33. The lowest BCUT2D eigenvalue weighted by atomic mass is 10.0. The van der Waals surface area contributed by atoms with Crippen molar-refractivity contribution in [2.75, 3.05) is 25.7 Å². The van der Waals surface area contributed by atoms with Crippen molar-refractivity contribution in [3.05, 3.63) is 28.8 Å². The van der Waals surface area contributed by atoms with Crippen LogP contribution < -0.4 is 10.6 Å². The molecule has 1 aromatic carbocycles. The quantitative estimate of drug-likeness (QED) is 0.836. The van der Waals surface area contributed by atoms with Crippen LogP contribution in [0.15, 0.2) is 18.2 Å². The molecule has 108 valence electrons. The molecule has 0 aliphatic carbocycles. The van der Waals surface area contributed by atoms with Crippen LogP contribution in [0.5, 0.6) is 0 Å². The van der Waals surface area contributed by atoms with Crippen LogP contribution in [0.25, 0.3) is 0 Å². The Balaban J connectivity index is 2.82. The molecule has 4 heteroatoms. The fourth-order valence-electron chi connectivity index (χ4n) is 2.00. The van der Waals surface area contributed by atoms with Crippen LogP contribution in [-0.4, -0.2) is 32.8 Å². The maximum Gasteiger partial charge on any atom is 0.0663 e. The van der Waals surface area contributed by atoms with Gasteiger partial charge in [0.05, 0.1) is 17.3 Å². The summed E-state index contributed by atoms with van der Waals surface area (Å²) in [7, 11) is 3.74. The Morgan fingerprint density at radius 2 is 2.11 bits per heavy atom. The molecule has 3 nitrogen and oxygen atoms in total. The molecule has 1 rings (SSSR count). The van der Waals surface area contributed by atoms with Crippen molar-refractivity contribution in [2.24, 2.45) is 5.73 Å². The van der Waals surface area contributed by atoms with Crippen molar-refractivity contribution in [2.45, 2.75) is 38.8 Å². The lowest BCUT2D eigenvalue weighted by molar-refractivity contribution is 0.183. The van der Waals surface area contributed by atoms with Gasteiger partial charge in [-0.2, -0.15) is 0 Å². The monoisotopic (exact) mass is 284 g/mol. The van der Waals surface area contributed by atoms with Crippen LogP contribution in [0, 0.1) is 0 Å². The largest absolute Gasteiger partial charge is 0.383 e. The van der Waals surface area contributed by atoms with Crippen LogP contribution in [0.1, 0.15) is 25.8 Å². The maximum absolute atomic E-state index is 6.37. The van der Waals surface area contributed by atoms with Gasteiger partial charge in [0, 0.05) is 26.2 Å². The normalized spacial score (nSPS) is 14.2. The highest BCUT2D eigenvalue weighted by Crippen LogP contribution is 2.28. The van der Waals surface area contributed by atoms with Gasteiger partial charge in [-0.05, 0) is 37.5 Å². The Labute approximate surface area is 121 Å². The first-order chi connectivity index (χ1) is 8.99. The summed E-state index contributed by atoms with van der Waals surface area (Å²) in [5, 5.41) is 0.770. The van der Waals surface area contributed by atoms with E-state index in [1.165, 1.54) is 5.56 Å². The Morgan fingerprint density at radius 3 is 2.63 bits per heavy atom. The first kappa shape index (κ1) is 16.3. The van der Waals surface area contributed by atoms with E-state index in [0.29, 0.717) is 6.61 Å². The van der Waals surface area contributed by atoms with Gasteiger partial charge in [-0.15, -0.1) is 0 Å². The summed E-state index contributed by atoms with van der Waals surface area (Å²) in [6.45, 7) is 4.89. The van der Waals surface area contributed by atoms with Crippen molar-refractivity contribution in [1.29, 1.82) is 0 Å². The summed E-state index contributed by atoms with van der Waals surface area (Å²) in [6.07, 6.45) is 1.85. The molecule has 0 heterocycles. The topological polar surface area (TPSA) is 38.5 Å². The minimum atomic E-state index is 0.201. The SMILES string of the molecule is CCC(N)Cc1ccc(N(C)C(C)COC)c(Cl)c1. The van der Waals surface area contributed by atoms with Crippen molar-refractivity contribution in [1.82, 2.24) is 0 Å². The van der Waals surface area contributed by atoms with E-state index < -0.39 is 0 Å². The second-order valence-corrected chi connectivity index (χ2v) is 5.48. The molecule has 0 radical (unpaired) electrons. The molecule has 19 heavy (non-hydrogen) atoms. The zero-order valence-corrected chi connectivity index (χ0v) is 13.1. The Kier molecular flexibility index (Phi) is 6.63. The fraction of sp³-hybridized carbons (Fsp3) is 0.600. The van der Waals surface area contributed by atoms with Gasteiger partial charge >= 0.3 is 0 Å². The van der Waals surface area contributed by atoms with Gasteiger partial charge in [-0.1, -0.05) is 24.6 Å². The second-order valence-electron chi connectivity index (χ2n) is 5.07. The zero-order chi connectivity index (χ0) is 14.4. The first-order valence-corrected chi connectivity index (χ1v) is 7.13. The number of benzene rings is 1. The molecule has 1 aromatic rings. The van der Waals surface area contributed by atoms with Crippen molar-refractivity contribution >= 4 is 17.3 Å². The Bertz CT molecular complexity index is 398. The fourth-order valence-corrected chi connectivity index (χ4v) is 2.34. The lowest BCUT2D eigenvalue weighted by Crippen LogP contribution is -2.32. The molecule has 2 unspecified atom stereocenters. The number of nitrogens with two attached hydrogens (primary N) is 1. The predicted octanol–water partition coefficient (Wildman–Crippen LogP) is 3.09. The van der Waals surface area contributed by atoms with Crippen molar-refractivity contribution in [3.8, 4) is 0 Å². The van der Waals surface area contributed by atoms with Gasteiger partial charge < -0.3 is 15.4 Å². The number of hydrogen-bond donors (Lipinski definition) is 1. The molecule has 2 N–H and O–H groups in total. The van der Waals surface area contributed by atoms with Crippen LogP contribution in [0.3, 0.4) is 0 Å². The number of anilines is 1. The van der Waals surface area contributed by atoms with E-state index in [1.807, 2.05) is 13.1 Å². The average Bonchev–Trinajstić information content (AvgIpc) is 2.38. The number of halogens is 1. The lowest BCUT2D eigenvalue weighted by Gasteiger charge is -2.27. The van der Waals surface area contributed by atoms with E-state index >= 15 is 0 Å². The Morgan fingerprint density at radius 1 is 1.42 bits per heavy atom. The van der Waals surface area contributed by atoms with Crippen LogP contribution in [-0.2, 0) is 11.2 Å². The molecular formula is C15H25ClN2O.